The second kappa shape index (κ2) is 8.51. The molecule has 0 fully saturated rings. The van der Waals surface area contributed by atoms with Crippen molar-refractivity contribution < 1.29 is 4.79 Å². The number of aromatic nitrogens is 4. The lowest BCUT2D eigenvalue weighted by Crippen LogP contribution is -2.30. The molecule has 168 valence electrons. The van der Waals surface area contributed by atoms with Crippen LogP contribution in [0, 0.1) is 20.8 Å². The second-order valence-electron chi connectivity index (χ2n) is 8.56. The zero-order valence-electron chi connectivity index (χ0n) is 18.8. The van der Waals surface area contributed by atoms with Crippen molar-refractivity contribution in [1.82, 2.24) is 24.6 Å². The fourth-order valence-electron chi connectivity index (χ4n) is 4.02. The van der Waals surface area contributed by atoms with E-state index in [1.807, 2.05) is 49.4 Å². The Morgan fingerprint density at radius 3 is 2.67 bits per heavy atom. The molecule has 1 N–H and O–H groups in total. The van der Waals surface area contributed by atoms with Crippen LogP contribution < -0.4 is 10.9 Å². The van der Waals surface area contributed by atoms with Gasteiger partial charge < -0.3 is 5.32 Å². The van der Waals surface area contributed by atoms with Crippen LogP contribution in [0.15, 0.2) is 58.6 Å². The van der Waals surface area contributed by atoms with E-state index in [0.29, 0.717) is 28.5 Å². The summed E-state index contributed by atoms with van der Waals surface area (Å²) in [6, 6.07) is 13.9. The number of carbonyl (C=O) groups excluding carboxylic acids is 1. The fourth-order valence-corrected chi connectivity index (χ4v) is 5.15. The Bertz CT molecular complexity index is 1420. The van der Waals surface area contributed by atoms with E-state index in [1.165, 1.54) is 22.9 Å². The first-order valence-electron chi connectivity index (χ1n) is 10.9. The molecule has 2 aromatic heterocycles. The summed E-state index contributed by atoms with van der Waals surface area (Å²) in [7, 11) is 0. The highest BCUT2D eigenvalue weighted by molar-refractivity contribution is 7.99. The maximum absolute atomic E-state index is 13.3. The molecule has 33 heavy (non-hydrogen) atoms. The van der Waals surface area contributed by atoms with Gasteiger partial charge in [-0.2, -0.15) is 5.10 Å². The van der Waals surface area contributed by atoms with E-state index in [9.17, 15) is 9.59 Å². The predicted octanol–water partition coefficient (Wildman–Crippen LogP) is 3.86. The molecular formula is C25H25N5O2S. The third-order valence-corrected chi connectivity index (χ3v) is 7.23. The average molecular weight is 460 g/mol. The maximum atomic E-state index is 13.3. The van der Waals surface area contributed by atoms with Crippen molar-refractivity contribution in [2.24, 2.45) is 0 Å². The minimum absolute atomic E-state index is 0.0770. The molecular weight excluding hydrogens is 434 g/mol. The molecule has 1 atom stereocenters. The number of hydrogen-bond donors (Lipinski definition) is 1. The topological polar surface area (TPSA) is 81.8 Å². The lowest BCUT2D eigenvalue weighted by molar-refractivity contribution is -0.121. The van der Waals surface area contributed by atoms with E-state index in [-0.39, 0.29) is 23.9 Å². The van der Waals surface area contributed by atoms with Crippen molar-refractivity contribution in [2.45, 2.75) is 44.9 Å². The average Bonchev–Trinajstić information content (AvgIpc) is 3.40. The van der Waals surface area contributed by atoms with Crippen molar-refractivity contribution in [3.8, 4) is 5.69 Å². The Hall–Kier alpha value is -3.39. The van der Waals surface area contributed by atoms with Gasteiger partial charge in [0.2, 0.25) is 5.91 Å². The Labute approximate surface area is 195 Å². The molecule has 5 rings (SSSR count). The molecule has 0 radical (unpaired) electrons. The van der Waals surface area contributed by atoms with Gasteiger partial charge in [-0.15, -0.1) is 0 Å². The molecule has 8 heteroatoms. The summed E-state index contributed by atoms with van der Waals surface area (Å²) >= 11 is 1.51. The quantitative estimate of drug-likeness (QED) is 0.458. The molecule has 1 aliphatic rings. The van der Waals surface area contributed by atoms with Gasteiger partial charge in [-0.3, -0.25) is 14.2 Å². The number of nitrogens with one attached hydrogen (secondary N) is 1. The zero-order chi connectivity index (χ0) is 23.1. The highest BCUT2D eigenvalue weighted by atomic mass is 32.2. The van der Waals surface area contributed by atoms with Gasteiger partial charge in [0, 0.05) is 18.7 Å². The summed E-state index contributed by atoms with van der Waals surface area (Å²) in [6.45, 7) is 6.62. The summed E-state index contributed by atoms with van der Waals surface area (Å²) in [5.41, 5.74) is 5.86. The van der Waals surface area contributed by atoms with Crippen LogP contribution in [0.3, 0.4) is 0 Å². The molecule has 3 heterocycles. The summed E-state index contributed by atoms with van der Waals surface area (Å²) in [4.78, 5) is 30.7. The first-order chi connectivity index (χ1) is 15.9. The van der Waals surface area contributed by atoms with E-state index in [1.54, 1.807) is 15.4 Å². The van der Waals surface area contributed by atoms with E-state index < -0.39 is 0 Å². The number of carbonyl (C=O) groups is 1. The van der Waals surface area contributed by atoms with E-state index in [0.717, 1.165) is 16.8 Å². The third-order valence-electron chi connectivity index (χ3n) is 6.14. The molecule has 4 aromatic rings. The Morgan fingerprint density at radius 1 is 1.12 bits per heavy atom. The van der Waals surface area contributed by atoms with Crippen LogP contribution >= 0.6 is 11.8 Å². The number of benzene rings is 2. The predicted molar refractivity (Wildman–Crippen MR) is 130 cm³/mol. The molecule has 0 saturated carbocycles. The Balaban J connectivity index is 1.38. The summed E-state index contributed by atoms with van der Waals surface area (Å²) in [5, 5.41) is 8.51. The van der Waals surface area contributed by atoms with Crippen molar-refractivity contribution in [1.29, 1.82) is 0 Å². The van der Waals surface area contributed by atoms with Crippen LogP contribution in [0.25, 0.3) is 16.7 Å². The van der Waals surface area contributed by atoms with Gasteiger partial charge in [0.1, 0.15) is 5.39 Å². The number of amides is 1. The second-order valence-corrected chi connectivity index (χ2v) is 9.55. The van der Waals surface area contributed by atoms with Gasteiger partial charge in [0.25, 0.3) is 5.56 Å². The fraction of sp³-hybridized carbons (Fsp3) is 0.280. The standard InChI is InChI=1S/C25H25N5O2S/c1-15-4-7-18(8-5-15)12-26-22(31)11-20-14-33-25-28-23-21(24(32)29(20)25)13-27-30(23)19-9-6-16(2)17(3)10-19/h4-10,13,20H,11-12,14H2,1-3H3,(H,26,31). The van der Waals surface area contributed by atoms with Crippen LogP contribution in [0.1, 0.15) is 34.7 Å². The normalized spacial score (nSPS) is 15.1. The van der Waals surface area contributed by atoms with Crippen LogP contribution in [-0.4, -0.2) is 31.0 Å². The van der Waals surface area contributed by atoms with Crippen molar-refractivity contribution in [3.05, 3.63) is 81.3 Å². The zero-order valence-corrected chi connectivity index (χ0v) is 19.6. The number of hydrogen-bond acceptors (Lipinski definition) is 5. The van der Waals surface area contributed by atoms with Crippen LogP contribution in [-0.2, 0) is 11.3 Å². The van der Waals surface area contributed by atoms with Gasteiger partial charge in [-0.1, -0.05) is 47.7 Å². The third kappa shape index (κ3) is 4.06. The molecule has 0 bridgehead atoms. The summed E-state index contributed by atoms with van der Waals surface area (Å²) in [5.74, 6) is 0.566. The molecule has 1 amide bonds. The van der Waals surface area contributed by atoms with Crippen molar-refractivity contribution in [3.63, 3.8) is 0 Å². The van der Waals surface area contributed by atoms with Gasteiger partial charge in [-0.05, 0) is 49.6 Å². The molecule has 0 aliphatic carbocycles. The van der Waals surface area contributed by atoms with Crippen LogP contribution in [0.2, 0.25) is 0 Å². The van der Waals surface area contributed by atoms with Crippen molar-refractivity contribution in [2.75, 3.05) is 5.75 Å². The molecule has 2 aromatic carbocycles. The van der Waals surface area contributed by atoms with Crippen molar-refractivity contribution >= 4 is 28.7 Å². The lowest BCUT2D eigenvalue weighted by atomic mass is 10.1. The molecule has 1 aliphatic heterocycles. The van der Waals surface area contributed by atoms with E-state index in [4.69, 9.17) is 4.98 Å². The first-order valence-corrected chi connectivity index (χ1v) is 11.9. The number of thioether (sulfide) groups is 1. The number of fused-ring (bicyclic) bond motifs is 2. The Morgan fingerprint density at radius 2 is 1.91 bits per heavy atom. The highest BCUT2D eigenvalue weighted by Crippen LogP contribution is 2.33. The smallest absolute Gasteiger partial charge is 0.265 e. The number of nitrogens with zero attached hydrogens (tertiary/aromatic N) is 4. The SMILES string of the molecule is Cc1ccc(CNC(=O)CC2CSc3nc4c(cnn4-c4ccc(C)c(C)c4)c(=O)n32)cc1. The van der Waals surface area contributed by atoms with Gasteiger partial charge in [0.05, 0.1) is 17.9 Å². The van der Waals surface area contributed by atoms with Gasteiger partial charge in [-0.25, -0.2) is 9.67 Å². The van der Waals surface area contributed by atoms with E-state index >= 15 is 0 Å². The summed E-state index contributed by atoms with van der Waals surface area (Å²) < 4.78 is 3.37. The monoisotopic (exact) mass is 459 g/mol. The largest absolute Gasteiger partial charge is 0.352 e. The van der Waals surface area contributed by atoms with Crippen LogP contribution in [0.4, 0.5) is 0 Å². The molecule has 0 spiro atoms. The molecule has 0 saturated heterocycles. The minimum Gasteiger partial charge on any atom is -0.352 e. The summed E-state index contributed by atoms with van der Waals surface area (Å²) in [6.07, 6.45) is 1.81. The molecule has 7 nitrogen and oxygen atoms in total. The van der Waals surface area contributed by atoms with Gasteiger partial charge in [0.15, 0.2) is 10.8 Å². The highest BCUT2D eigenvalue weighted by Gasteiger charge is 2.29. The lowest BCUT2D eigenvalue weighted by Gasteiger charge is -2.14. The molecule has 1 unspecified atom stereocenters. The number of rotatable bonds is 5. The number of aryl methyl sites for hydroxylation is 3. The van der Waals surface area contributed by atoms with Gasteiger partial charge >= 0.3 is 0 Å². The van der Waals surface area contributed by atoms with Crippen LogP contribution in [0.5, 0.6) is 0 Å². The minimum atomic E-state index is -0.225. The Kier molecular flexibility index (Phi) is 5.54. The first kappa shape index (κ1) is 21.5. The maximum Gasteiger partial charge on any atom is 0.265 e. The van der Waals surface area contributed by atoms with E-state index in [2.05, 4.69) is 24.3 Å².